The second-order valence-electron chi connectivity index (χ2n) is 2.81. The van der Waals surface area contributed by atoms with Crippen molar-refractivity contribution in [2.75, 3.05) is 6.54 Å². The van der Waals surface area contributed by atoms with E-state index < -0.39 is 12.2 Å². The Balaban J connectivity index is 3.04. The summed E-state index contributed by atoms with van der Waals surface area (Å²) in [5, 5.41) is 2.33. The summed E-state index contributed by atoms with van der Waals surface area (Å²) < 4.78 is 38.2. The Morgan fingerprint density at radius 2 is 2.07 bits per heavy atom. The molecule has 1 aromatic rings. The summed E-state index contributed by atoms with van der Waals surface area (Å²) >= 11 is 12.2. The van der Waals surface area contributed by atoms with Gasteiger partial charge in [0.1, 0.15) is 6.04 Å². The monoisotopic (exact) mass is 277 g/mol. The van der Waals surface area contributed by atoms with Crippen molar-refractivity contribution in [3.63, 3.8) is 0 Å². The molecular formula is C8H8Cl2F3NS. The van der Waals surface area contributed by atoms with Gasteiger partial charge in [0.25, 0.3) is 0 Å². The van der Waals surface area contributed by atoms with Gasteiger partial charge in [0, 0.05) is 5.56 Å². The summed E-state index contributed by atoms with van der Waals surface area (Å²) in [5.41, 5.74) is -0.0129. The Kier molecular flexibility index (Phi) is 4.29. The van der Waals surface area contributed by atoms with E-state index in [2.05, 4.69) is 5.32 Å². The van der Waals surface area contributed by atoms with Crippen molar-refractivity contribution in [1.29, 1.82) is 0 Å². The van der Waals surface area contributed by atoms with Crippen LogP contribution >= 0.6 is 34.5 Å². The van der Waals surface area contributed by atoms with Crippen LogP contribution in [0.15, 0.2) is 6.07 Å². The molecule has 0 spiro atoms. The number of nitrogens with one attached hydrogen (secondary N) is 1. The molecule has 15 heavy (non-hydrogen) atoms. The second-order valence-corrected chi connectivity index (χ2v) is 5.10. The molecule has 86 valence electrons. The molecule has 0 aliphatic carbocycles. The van der Waals surface area contributed by atoms with Crippen LogP contribution < -0.4 is 5.32 Å². The van der Waals surface area contributed by atoms with Crippen LogP contribution in [0.5, 0.6) is 0 Å². The SMILES string of the molecule is CCNC(c1cc(Cl)sc1Cl)C(F)(F)F. The molecule has 0 aliphatic rings. The number of hydrogen-bond donors (Lipinski definition) is 1. The van der Waals surface area contributed by atoms with Crippen LogP contribution in [0.3, 0.4) is 0 Å². The molecule has 0 saturated carbocycles. The third-order valence-corrected chi connectivity index (χ3v) is 3.25. The Hall–Kier alpha value is 0.0300. The summed E-state index contributed by atoms with van der Waals surface area (Å²) in [5.74, 6) is 0. The average Bonchev–Trinajstić information content (AvgIpc) is 2.39. The number of rotatable bonds is 3. The van der Waals surface area contributed by atoms with Gasteiger partial charge >= 0.3 is 6.18 Å². The van der Waals surface area contributed by atoms with Crippen LogP contribution in [-0.2, 0) is 0 Å². The standard InChI is InChI=1S/C8H8Cl2F3NS/c1-2-14-6(8(11,12)13)4-3-5(9)15-7(4)10/h3,6,14H,2H2,1H3. The van der Waals surface area contributed by atoms with E-state index in [-0.39, 0.29) is 20.8 Å². The highest BCUT2D eigenvalue weighted by Crippen LogP contribution is 2.41. The minimum absolute atomic E-state index is 0.0129. The van der Waals surface area contributed by atoms with Crippen molar-refractivity contribution < 1.29 is 13.2 Å². The first-order chi connectivity index (χ1) is 6.86. The molecule has 1 aromatic heterocycles. The fourth-order valence-corrected chi connectivity index (χ4v) is 2.69. The zero-order chi connectivity index (χ0) is 11.6. The molecule has 0 saturated heterocycles. The highest BCUT2D eigenvalue weighted by Gasteiger charge is 2.41. The molecule has 1 heterocycles. The van der Waals surface area contributed by atoms with Crippen LogP contribution in [0.4, 0.5) is 13.2 Å². The van der Waals surface area contributed by atoms with Crippen molar-refractivity contribution >= 4 is 34.5 Å². The normalized spacial score (nSPS) is 14.3. The summed E-state index contributed by atoms with van der Waals surface area (Å²) in [4.78, 5) is 0. The summed E-state index contributed by atoms with van der Waals surface area (Å²) in [6.45, 7) is 1.80. The van der Waals surface area contributed by atoms with Crippen LogP contribution in [0, 0.1) is 0 Å². The molecule has 0 amide bonds. The molecule has 1 atom stereocenters. The van der Waals surface area contributed by atoms with Crippen molar-refractivity contribution in [3.05, 3.63) is 20.3 Å². The van der Waals surface area contributed by atoms with E-state index >= 15 is 0 Å². The molecule has 0 aliphatic heterocycles. The lowest BCUT2D eigenvalue weighted by molar-refractivity contribution is -0.157. The van der Waals surface area contributed by atoms with E-state index in [9.17, 15) is 13.2 Å². The van der Waals surface area contributed by atoms with Gasteiger partial charge < -0.3 is 5.32 Å². The Bertz CT molecular complexity index is 337. The Morgan fingerprint density at radius 1 is 1.47 bits per heavy atom. The second kappa shape index (κ2) is 4.91. The molecular weight excluding hydrogens is 270 g/mol. The van der Waals surface area contributed by atoms with Gasteiger partial charge in [-0.05, 0) is 12.6 Å². The first kappa shape index (κ1) is 13.1. The van der Waals surface area contributed by atoms with Crippen molar-refractivity contribution in [3.8, 4) is 0 Å². The van der Waals surface area contributed by atoms with E-state index in [0.717, 1.165) is 11.3 Å². The number of halogens is 5. The molecule has 0 aromatic carbocycles. The van der Waals surface area contributed by atoms with Gasteiger partial charge in [-0.1, -0.05) is 30.1 Å². The fraction of sp³-hybridized carbons (Fsp3) is 0.500. The maximum Gasteiger partial charge on any atom is 0.407 e. The lowest BCUT2D eigenvalue weighted by atomic mass is 10.1. The van der Waals surface area contributed by atoms with Crippen LogP contribution in [0.2, 0.25) is 8.67 Å². The predicted molar refractivity (Wildman–Crippen MR) is 56.8 cm³/mol. The Labute approximate surface area is 99.2 Å². The minimum Gasteiger partial charge on any atom is -0.303 e. The Morgan fingerprint density at radius 3 is 2.40 bits per heavy atom. The molecule has 1 N–H and O–H groups in total. The quantitative estimate of drug-likeness (QED) is 0.870. The molecule has 0 bridgehead atoms. The van der Waals surface area contributed by atoms with Crippen LogP contribution in [0.1, 0.15) is 18.5 Å². The van der Waals surface area contributed by atoms with Gasteiger partial charge in [0.2, 0.25) is 0 Å². The third-order valence-electron chi connectivity index (χ3n) is 1.73. The molecule has 1 rings (SSSR count). The molecule has 0 fully saturated rings. The lowest BCUT2D eigenvalue weighted by Crippen LogP contribution is -2.33. The van der Waals surface area contributed by atoms with Gasteiger partial charge in [0.05, 0.1) is 8.67 Å². The first-order valence-electron chi connectivity index (χ1n) is 4.11. The highest BCUT2D eigenvalue weighted by atomic mass is 35.5. The summed E-state index contributed by atoms with van der Waals surface area (Å²) in [7, 11) is 0. The smallest absolute Gasteiger partial charge is 0.303 e. The average molecular weight is 278 g/mol. The number of hydrogen-bond acceptors (Lipinski definition) is 2. The van der Waals surface area contributed by atoms with Gasteiger partial charge in [-0.15, -0.1) is 11.3 Å². The highest BCUT2D eigenvalue weighted by molar-refractivity contribution is 7.20. The lowest BCUT2D eigenvalue weighted by Gasteiger charge is -2.20. The minimum atomic E-state index is -4.37. The van der Waals surface area contributed by atoms with E-state index in [1.807, 2.05) is 0 Å². The van der Waals surface area contributed by atoms with Gasteiger partial charge in [0.15, 0.2) is 0 Å². The zero-order valence-electron chi connectivity index (χ0n) is 7.66. The van der Waals surface area contributed by atoms with Crippen molar-refractivity contribution in [2.24, 2.45) is 0 Å². The van der Waals surface area contributed by atoms with Gasteiger partial charge in [-0.3, -0.25) is 0 Å². The van der Waals surface area contributed by atoms with E-state index in [1.165, 1.54) is 6.07 Å². The molecule has 1 nitrogen and oxygen atoms in total. The largest absolute Gasteiger partial charge is 0.407 e. The van der Waals surface area contributed by atoms with Gasteiger partial charge in [-0.2, -0.15) is 13.2 Å². The van der Waals surface area contributed by atoms with Crippen molar-refractivity contribution in [2.45, 2.75) is 19.1 Å². The van der Waals surface area contributed by atoms with Crippen LogP contribution in [-0.4, -0.2) is 12.7 Å². The summed E-state index contributed by atoms with van der Waals surface area (Å²) in [6, 6.07) is -0.506. The maximum atomic E-state index is 12.6. The number of alkyl halides is 3. The molecule has 7 heteroatoms. The van der Waals surface area contributed by atoms with Crippen molar-refractivity contribution in [1.82, 2.24) is 5.32 Å². The van der Waals surface area contributed by atoms with E-state index in [0.29, 0.717) is 0 Å². The van der Waals surface area contributed by atoms with Crippen LogP contribution in [0.25, 0.3) is 0 Å². The molecule has 0 radical (unpaired) electrons. The van der Waals surface area contributed by atoms with Gasteiger partial charge in [-0.25, -0.2) is 0 Å². The van der Waals surface area contributed by atoms with E-state index in [1.54, 1.807) is 6.92 Å². The van der Waals surface area contributed by atoms with E-state index in [4.69, 9.17) is 23.2 Å². The topological polar surface area (TPSA) is 12.0 Å². The number of thiophene rings is 1. The molecule has 1 unspecified atom stereocenters. The summed E-state index contributed by atoms with van der Waals surface area (Å²) in [6.07, 6.45) is -4.37. The first-order valence-corrected chi connectivity index (χ1v) is 5.68. The predicted octanol–water partition coefficient (Wildman–Crippen LogP) is 4.27. The third kappa shape index (κ3) is 3.24. The maximum absolute atomic E-state index is 12.6. The zero-order valence-corrected chi connectivity index (χ0v) is 9.99. The fourth-order valence-electron chi connectivity index (χ4n) is 1.16.